The first kappa shape index (κ1) is 17.8. The Morgan fingerprint density at radius 2 is 1.70 bits per heavy atom. The maximum atomic E-state index is 6.28. The lowest BCUT2D eigenvalue weighted by molar-refractivity contribution is 0.508. The first-order valence-corrected chi connectivity index (χ1v) is 9.59. The summed E-state index contributed by atoms with van der Waals surface area (Å²) in [4.78, 5) is 0. The molecule has 2 aromatic heterocycles. The lowest BCUT2D eigenvalue weighted by Crippen LogP contribution is -1.97. The fourth-order valence-corrected chi connectivity index (χ4v) is 3.66. The normalized spacial score (nSPS) is 12.3. The molecule has 27 heavy (non-hydrogen) atoms. The summed E-state index contributed by atoms with van der Waals surface area (Å²) in [6.45, 7) is 2.00. The molecule has 6 nitrogen and oxygen atoms in total. The highest BCUT2D eigenvalue weighted by atomic mass is 35.5. The van der Waals surface area contributed by atoms with Crippen molar-refractivity contribution in [2.24, 2.45) is 7.05 Å². The first-order valence-electron chi connectivity index (χ1n) is 8.33. The lowest BCUT2D eigenvalue weighted by atomic mass is 10.2. The molecular formula is C19H16ClN5OS. The molecule has 136 valence electrons. The molecule has 0 saturated carbocycles. The van der Waals surface area contributed by atoms with Crippen LogP contribution in [0.4, 0.5) is 0 Å². The third-order valence-electron chi connectivity index (χ3n) is 4.04. The van der Waals surface area contributed by atoms with Crippen LogP contribution in [0.25, 0.3) is 22.8 Å². The van der Waals surface area contributed by atoms with E-state index in [2.05, 4.69) is 20.4 Å². The zero-order valence-electron chi connectivity index (χ0n) is 14.7. The maximum absolute atomic E-state index is 6.28. The van der Waals surface area contributed by atoms with E-state index in [0.29, 0.717) is 22.6 Å². The van der Waals surface area contributed by atoms with Gasteiger partial charge in [0.25, 0.3) is 0 Å². The quantitative estimate of drug-likeness (QED) is 0.439. The Balaban J connectivity index is 1.55. The Morgan fingerprint density at radius 1 is 0.963 bits per heavy atom. The van der Waals surface area contributed by atoms with Gasteiger partial charge in [-0.15, -0.1) is 20.4 Å². The largest absolute Gasteiger partial charge is 0.419 e. The monoisotopic (exact) mass is 397 g/mol. The summed E-state index contributed by atoms with van der Waals surface area (Å²) >= 11 is 7.78. The van der Waals surface area contributed by atoms with E-state index in [1.165, 1.54) is 11.8 Å². The summed E-state index contributed by atoms with van der Waals surface area (Å²) in [5.74, 6) is 1.76. The van der Waals surface area contributed by atoms with Crippen molar-refractivity contribution in [2.45, 2.75) is 17.3 Å². The predicted octanol–water partition coefficient (Wildman–Crippen LogP) is 5.04. The molecule has 4 aromatic rings. The van der Waals surface area contributed by atoms with Crippen molar-refractivity contribution in [3.05, 3.63) is 65.5 Å². The number of halogens is 1. The van der Waals surface area contributed by atoms with Crippen molar-refractivity contribution in [3.63, 3.8) is 0 Å². The third kappa shape index (κ3) is 3.61. The molecule has 0 aliphatic carbocycles. The molecule has 2 heterocycles. The second-order valence-electron chi connectivity index (χ2n) is 5.92. The van der Waals surface area contributed by atoms with Crippen LogP contribution in [-0.2, 0) is 7.05 Å². The molecule has 8 heteroatoms. The number of benzene rings is 2. The zero-order chi connectivity index (χ0) is 18.8. The minimum Gasteiger partial charge on any atom is -0.419 e. The summed E-state index contributed by atoms with van der Waals surface area (Å²) in [6.07, 6.45) is 0. The Morgan fingerprint density at radius 3 is 2.48 bits per heavy atom. The van der Waals surface area contributed by atoms with Crippen LogP contribution in [-0.4, -0.2) is 25.0 Å². The Hall–Kier alpha value is -2.64. The molecule has 2 aromatic carbocycles. The van der Waals surface area contributed by atoms with Gasteiger partial charge in [-0.2, -0.15) is 0 Å². The van der Waals surface area contributed by atoms with Crippen molar-refractivity contribution >= 4 is 23.4 Å². The second-order valence-corrected chi connectivity index (χ2v) is 7.63. The second kappa shape index (κ2) is 7.54. The van der Waals surface area contributed by atoms with Crippen LogP contribution in [0.5, 0.6) is 0 Å². The first-order chi connectivity index (χ1) is 13.1. The number of hydrogen-bond acceptors (Lipinski definition) is 6. The fraction of sp³-hybridized carbons (Fsp3) is 0.158. The van der Waals surface area contributed by atoms with Crippen LogP contribution in [0.2, 0.25) is 5.02 Å². The minimum atomic E-state index is -0.0723. The molecule has 0 unspecified atom stereocenters. The number of thioether (sulfide) groups is 1. The molecule has 0 aliphatic heterocycles. The third-order valence-corrected chi connectivity index (χ3v) is 5.49. The number of aromatic nitrogens is 5. The zero-order valence-corrected chi connectivity index (χ0v) is 16.3. The molecule has 0 bridgehead atoms. The summed E-state index contributed by atoms with van der Waals surface area (Å²) in [5, 5.41) is 18.2. The smallest absolute Gasteiger partial charge is 0.247 e. The van der Waals surface area contributed by atoms with Gasteiger partial charge in [-0.1, -0.05) is 53.7 Å². The van der Waals surface area contributed by atoms with Gasteiger partial charge in [-0.25, -0.2) is 0 Å². The minimum absolute atomic E-state index is 0.0723. The highest BCUT2D eigenvalue weighted by Gasteiger charge is 2.20. The van der Waals surface area contributed by atoms with E-state index in [9.17, 15) is 0 Å². The maximum Gasteiger partial charge on any atom is 0.247 e. The van der Waals surface area contributed by atoms with E-state index in [1.807, 2.05) is 73.1 Å². The van der Waals surface area contributed by atoms with Gasteiger partial charge in [0.05, 0.1) is 10.3 Å². The molecular weight excluding hydrogens is 382 g/mol. The van der Waals surface area contributed by atoms with E-state index in [-0.39, 0.29) is 5.25 Å². The van der Waals surface area contributed by atoms with Crippen LogP contribution in [0, 0.1) is 0 Å². The molecule has 0 aliphatic rings. The van der Waals surface area contributed by atoms with Crippen LogP contribution in [0.3, 0.4) is 0 Å². The molecule has 0 spiro atoms. The van der Waals surface area contributed by atoms with E-state index in [4.69, 9.17) is 16.0 Å². The number of hydrogen-bond donors (Lipinski definition) is 0. The van der Waals surface area contributed by atoms with E-state index in [1.54, 1.807) is 0 Å². The van der Waals surface area contributed by atoms with Gasteiger partial charge >= 0.3 is 0 Å². The van der Waals surface area contributed by atoms with E-state index >= 15 is 0 Å². The average Bonchev–Trinajstić information content (AvgIpc) is 3.31. The van der Waals surface area contributed by atoms with Gasteiger partial charge in [0.2, 0.25) is 11.8 Å². The van der Waals surface area contributed by atoms with Crippen molar-refractivity contribution in [2.75, 3.05) is 0 Å². The molecule has 0 saturated heterocycles. The summed E-state index contributed by atoms with van der Waals surface area (Å²) in [5.41, 5.74) is 1.74. The highest BCUT2D eigenvalue weighted by molar-refractivity contribution is 7.99. The van der Waals surface area contributed by atoms with Crippen molar-refractivity contribution in [1.29, 1.82) is 0 Å². The van der Waals surface area contributed by atoms with Gasteiger partial charge < -0.3 is 8.98 Å². The molecule has 4 rings (SSSR count). The molecule has 0 amide bonds. The number of nitrogens with zero attached hydrogens (tertiary/aromatic N) is 5. The summed E-state index contributed by atoms with van der Waals surface area (Å²) in [6, 6.07) is 17.3. The van der Waals surface area contributed by atoms with E-state index < -0.39 is 0 Å². The van der Waals surface area contributed by atoms with Crippen LogP contribution >= 0.6 is 23.4 Å². The van der Waals surface area contributed by atoms with Gasteiger partial charge in [0.1, 0.15) is 0 Å². The lowest BCUT2D eigenvalue weighted by Gasteiger charge is -2.07. The van der Waals surface area contributed by atoms with Crippen molar-refractivity contribution in [3.8, 4) is 22.8 Å². The van der Waals surface area contributed by atoms with E-state index in [0.717, 1.165) is 16.3 Å². The van der Waals surface area contributed by atoms with Crippen LogP contribution < -0.4 is 0 Å². The molecule has 0 fully saturated rings. The van der Waals surface area contributed by atoms with Gasteiger partial charge in [-0.05, 0) is 31.2 Å². The average molecular weight is 398 g/mol. The summed E-state index contributed by atoms with van der Waals surface area (Å²) in [7, 11) is 1.91. The topological polar surface area (TPSA) is 69.6 Å². The Kier molecular flexibility index (Phi) is 4.96. The fourth-order valence-electron chi connectivity index (χ4n) is 2.60. The van der Waals surface area contributed by atoms with Crippen LogP contribution in [0.1, 0.15) is 18.1 Å². The summed E-state index contributed by atoms with van der Waals surface area (Å²) < 4.78 is 7.75. The predicted molar refractivity (Wildman–Crippen MR) is 105 cm³/mol. The van der Waals surface area contributed by atoms with Gasteiger partial charge in [0.15, 0.2) is 11.0 Å². The molecule has 0 N–H and O–H groups in total. The highest BCUT2D eigenvalue weighted by Crippen LogP contribution is 2.36. The molecule has 1 atom stereocenters. The van der Waals surface area contributed by atoms with Gasteiger partial charge in [0, 0.05) is 18.2 Å². The standard InChI is InChI=1S/C19H16ClN5OS/c1-12(17-22-23-18(26-17)13-8-4-3-5-9-13)27-19-24-21-16(25(19)2)14-10-6-7-11-15(14)20/h3-12H,1-2H3/t12-/m0/s1. The Bertz CT molecular complexity index is 1060. The Labute approximate surface area is 165 Å². The molecule has 0 radical (unpaired) electrons. The van der Waals surface area contributed by atoms with Crippen molar-refractivity contribution < 1.29 is 4.42 Å². The number of rotatable bonds is 5. The SMILES string of the molecule is C[C@H](Sc1nnc(-c2ccccc2Cl)n1C)c1nnc(-c2ccccc2)o1. The van der Waals surface area contributed by atoms with Gasteiger partial charge in [-0.3, -0.25) is 0 Å². The van der Waals surface area contributed by atoms with Crippen molar-refractivity contribution in [1.82, 2.24) is 25.0 Å². The van der Waals surface area contributed by atoms with Crippen LogP contribution in [0.15, 0.2) is 64.2 Å².